The van der Waals surface area contributed by atoms with Crippen molar-refractivity contribution in [3.05, 3.63) is 34.3 Å². The zero-order valence-corrected chi connectivity index (χ0v) is 13.0. The predicted octanol–water partition coefficient (Wildman–Crippen LogP) is 2.22. The van der Waals surface area contributed by atoms with Gasteiger partial charge in [0.2, 0.25) is 0 Å². The van der Waals surface area contributed by atoms with Crippen LogP contribution in [0.1, 0.15) is 18.4 Å². The Morgan fingerprint density at radius 2 is 2.20 bits per heavy atom. The van der Waals surface area contributed by atoms with Crippen molar-refractivity contribution in [1.82, 2.24) is 5.32 Å². The molecule has 0 aromatic heterocycles. The van der Waals surface area contributed by atoms with Crippen molar-refractivity contribution >= 4 is 21.9 Å². The molecule has 1 aromatic carbocycles. The zero-order chi connectivity index (χ0) is 14.2. The van der Waals surface area contributed by atoms with Gasteiger partial charge in [-0.05, 0) is 30.5 Å². The molecule has 1 saturated heterocycles. The minimum absolute atomic E-state index is 0.00971. The first-order valence-electron chi connectivity index (χ1n) is 6.84. The summed E-state index contributed by atoms with van der Waals surface area (Å²) in [5, 5.41) is 3.49. The molecule has 5 heteroatoms. The number of carbonyl (C=O) groups excluding carboxylic acids is 1. The number of hydrogen-bond acceptors (Lipinski definition) is 4. The van der Waals surface area contributed by atoms with Crippen LogP contribution in [0.25, 0.3) is 0 Å². The Morgan fingerprint density at radius 3 is 2.75 bits per heavy atom. The Bertz CT molecular complexity index is 504. The molecule has 0 amide bonds. The molecule has 2 aliphatic rings. The number of ether oxygens (including phenoxy) is 2. The van der Waals surface area contributed by atoms with Crippen LogP contribution in [0, 0.1) is 5.92 Å². The molecule has 0 spiro atoms. The highest BCUT2D eigenvalue weighted by atomic mass is 79.9. The third-order valence-corrected chi connectivity index (χ3v) is 4.97. The Balaban J connectivity index is 1.88. The van der Waals surface area contributed by atoms with Crippen molar-refractivity contribution in [3.63, 3.8) is 0 Å². The number of halogens is 1. The maximum atomic E-state index is 11.4. The number of piperidine rings is 1. The lowest BCUT2D eigenvalue weighted by molar-refractivity contribution is -0.158. The van der Waals surface area contributed by atoms with Gasteiger partial charge in [-0.25, -0.2) is 4.79 Å². The van der Waals surface area contributed by atoms with Gasteiger partial charge in [0.05, 0.1) is 12.7 Å². The van der Waals surface area contributed by atoms with Crippen LogP contribution >= 0.6 is 15.9 Å². The van der Waals surface area contributed by atoms with E-state index in [1.54, 1.807) is 0 Å². The minimum Gasteiger partial charge on any atom is -0.467 e. The van der Waals surface area contributed by atoms with Gasteiger partial charge in [-0.1, -0.05) is 28.1 Å². The summed E-state index contributed by atoms with van der Waals surface area (Å²) in [7, 11) is 1.39. The summed E-state index contributed by atoms with van der Waals surface area (Å²) in [6, 6.07) is 8.71. The van der Waals surface area contributed by atoms with Crippen LogP contribution < -0.4 is 5.32 Å². The average Bonchev–Trinajstić information content (AvgIpc) is 3.06. The summed E-state index contributed by atoms with van der Waals surface area (Å²) in [6.07, 6.45) is 2.02. The van der Waals surface area contributed by atoms with Crippen LogP contribution in [0.4, 0.5) is 0 Å². The van der Waals surface area contributed by atoms with E-state index in [2.05, 4.69) is 33.4 Å². The van der Waals surface area contributed by atoms with Crippen molar-refractivity contribution in [3.8, 4) is 0 Å². The van der Waals surface area contributed by atoms with Crippen LogP contribution in [0.15, 0.2) is 28.7 Å². The lowest BCUT2D eigenvalue weighted by atomic mass is 9.82. The fourth-order valence-corrected chi connectivity index (χ4v) is 3.72. The molecule has 108 valence electrons. The third-order valence-electron chi connectivity index (χ3n) is 4.44. The minimum atomic E-state index is -0.356. The van der Waals surface area contributed by atoms with Gasteiger partial charge >= 0.3 is 5.97 Å². The lowest BCUT2D eigenvalue weighted by Crippen LogP contribution is -2.44. The number of fused-ring (bicyclic) bond motifs is 2. The van der Waals surface area contributed by atoms with Crippen LogP contribution in [0.3, 0.4) is 0 Å². The van der Waals surface area contributed by atoms with E-state index in [1.807, 2.05) is 12.1 Å². The van der Waals surface area contributed by atoms with Crippen molar-refractivity contribution in [2.45, 2.75) is 24.5 Å². The topological polar surface area (TPSA) is 47.6 Å². The molecule has 4 nitrogen and oxygen atoms in total. The number of hydrogen-bond donors (Lipinski definition) is 1. The monoisotopic (exact) mass is 339 g/mol. The molecule has 3 atom stereocenters. The van der Waals surface area contributed by atoms with E-state index in [9.17, 15) is 4.79 Å². The highest BCUT2D eigenvalue weighted by Crippen LogP contribution is 2.49. The second-order valence-electron chi connectivity index (χ2n) is 5.50. The molecule has 1 aliphatic heterocycles. The Hall–Kier alpha value is -0.910. The predicted molar refractivity (Wildman–Crippen MR) is 78.3 cm³/mol. The van der Waals surface area contributed by atoms with E-state index in [1.165, 1.54) is 7.11 Å². The molecule has 1 heterocycles. The van der Waals surface area contributed by atoms with E-state index in [0.29, 0.717) is 12.0 Å². The second kappa shape index (κ2) is 5.47. The molecule has 0 radical (unpaired) electrons. The molecule has 1 saturated carbocycles. The quantitative estimate of drug-likeness (QED) is 0.854. The molecule has 3 unspecified atom stereocenters. The molecule has 3 rings (SSSR count). The van der Waals surface area contributed by atoms with E-state index in [-0.39, 0.29) is 18.2 Å². The van der Waals surface area contributed by atoms with Gasteiger partial charge in [0.15, 0.2) is 0 Å². The Labute approximate surface area is 127 Å². The molecular weight excluding hydrogens is 322 g/mol. The largest absolute Gasteiger partial charge is 0.467 e. The third kappa shape index (κ3) is 2.38. The van der Waals surface area contributed by atoms with Crippen LogP contribution in [0.5, 0.6) is 0 Å². The van der Waals surface area contributed by atoms with E-state index in [4.69, 9.17) is 9.47 Å². The molecule has 2 fully saturated rings. The number of carbonyl (C=O) groups is 1. The second-order valence-corrected chi connectivity index (χ2v) is 6.42. The summed E-state index contributed by atoms with van der Waals surface area (Å²) in [5.74, 6) is 0.0931. The average molecular weight is 340 g/mol. The fraction of sp³-hybridized carbons (Fsp3) is 0.533. The summed E-state index contributed by atoms with van der Waals surface area (Å²) >= 11 is 3.46. The van der Waals surface area contributed by atoms with E-state index in [0.717, 1.165) is 29.4 Å². The van der Waals surface area contributed by atoms with Gasteiger partial charge in [0, 0.05) is 23.0 Å². The van der Waals surface area contributed by atoms with Gasteiger partial charge in [-0.2, -0.15) is 0 Å². The van der Waals surface area contributed by atoms with Crippen molar-refractivity contribution in [2.24, 2.45) is 5.92 Å². The van der Waals surface area contributed by atoms with Crippen molar-refractivity contribution in [1.29, 1.82) is 0 Å². The summed E-state index contributed by atoms with van der Waals surface area (Å²) in [6.45, 7) is 0.956. The Kier molecular flexibility index (Phi) is 3.84. The standard InChI is InChI=1S/C15H18BrNO3/c1-19-14(18)9-20-15(7-13-6-11(15)8-17-13)10-2-4-12(16)5-3-10/h2-5,11,13,17H,6-9H2,1H3. The number of rotatable bonds is 4. The molecule has 1 N–H and O–H groups in total. The fourth-order valence-electron chi connectivity index (χ4n) is 3.45. The van der Waals surface area contributed by atoms with Gasteiger partial charge in [-0.15, -0.1) is 0 Å². The molecular formula is C15H18BrNO3. The smallest absolute Gasteiger partial charge is 0.331 e. The summed E-state index contributed by atoms with van der Waals surface area (Å²) in [5.41, 5.74) is 0.795. The maximum Gasteiger partial charge on any atom is 0.331 e. The van der Waals surface area contributed by atoms with E-state index < -0.39 is 0 Å². The van der Waals surface area contributed by atoms with Gasteiger partial charge in [0.1, 0.15) is 6.61 Å². The molecule has 2 bridgehead atoms. The number of methoxy groups -OCH3 is 1. The summed E-state index contributed by atoms with van der Waals surface area (Å²) < 4.78 is 11.8. The van der Waals surface area contributed by atoms with Crippen LogP contribution in [-0.2, 0) is 19.9 Å². The summed E-state index contributed by atoms with van der Waals surface area (Å²) in [4.78, 5) is 11.4. The first kappa shape index (κ1) is 14.0. The maximum absolute atomic E-state index is 11.4. The molecule has 1 aromatic rings. The highest BCUT2D eigenvalue weighted by molar-refractivity contribution is 9.10. The normalized spacial score (nSPS) is 31.5. The first-order chi connectivity index (χ1) is 9.64. The van der Waals surface area contributed by atoms with Gasteiger partial charge < -0.3 is 14.8 Å². The highest BCUT2D eigenvalue weighted by Gasteiger charge is 2.53. The Morgan fingerprint density at radius 1 is 1.45 bits per heavy atom. The number of benzene rings is 1. The van der Waals surface area contributed by atoms with E-state index >= 15 is 0 Å². The zero-order valence-electron chi connectivity index (χ0n) is 11.4. The number of nitrogens with one attached hydrogen (secondary N) is 1. The molecule has 1 aliphatic carbocycles. The van der Waals surface area contributed by atoms with Crippen molar-refractivity contribution < 1.29 is 14.3 Å². The SMILES string of the molecule is COC(=O)COC1(c2ccc(Br)cc2)CC2CC1CN2. The van der Waals surface area contributed by atoms with Crippen LogP contribution in [-0.4, -0.2) is 32.3 Å². The number of esters is 1. The first-order valence-corrected chi connectivity index (χ1v) is 7.63. The van der Waals surface area contributed by atoms with Gasteiger partial charge in [0.25, 0.3) is 0 Å². The van der Waals surface area contributed by atoms with Crippen molar-refractivity contribution in [2.75, 3.05) is 20.3 Å². The van der Waals surface area contributed by atoms with Crippen LogP contribution in [0.2, 0.25) is 0 Å². The molecule has 20 heavy (non-hydrogen) atoms. The van der Waals surface area contributed by atoms with Gasteiger partial charge in [-0.3, -0.25) is 0 Å². The lowest BCUT2D eigenvalue weighted by Gasteiger charge is -2.38.